The van der Waals surface area contributed by atoms with Gasteiger partial charge in [-0.05, 0) is 96.0 Å². The van der Waals surface area contributed by atoms with Crippen molar-refractivity contribution >= 4 is 48.2 Å². The first-order chi connectivity index (χ1) is 15.5. The topological polar surface area (TPSA) is 0 Å². The molecule has 0 spiro atoms. The molecule has 0 heterocycles. The van der Waals surface area contributed by atoms with Crippen LogP contribution < -0.4 is 0 Å². The van der Waals surface area contributed by atoms with Gasteiger partial charge in [0, 0.05) is 9.89 Å². The minimum atomic E-state index is -0.0133. The number of rotatable bonds is 1. The van der Waals surface area contributed by atoms with Gasteiger partial charge in [-0.1, -0.05) is 90.4 Å². The van der Waals surface area contributed by atoms with Crippen LogP contribution in [-0.4, -0.2) is 0 Å². The molecule has 0 nitrogen and oxygen atoms in total. The van der Waals surface area contributed by atoms with E-state index in [0.29, 0.717) is 0 Å². The number of hydrogen-bond acceptors (Lipinski definition) is 0. The molecule has 1 aliphatic rings. The molecule has 1 aliphatic carbocycles. The maximum atomic E-state index is 3.67. The Morgan fingerprint density at radius 3 is 1.78 bits per heavy atom. The summed E-state index contributed by atoms with van der Waals surface area (Å²) in [6.07, 6.45) is 0. The molecule has 0 unspecified atom stereocenters. The van der Waals surface area contributed by atoms with E-state index in [1.54, 1.807) is 0 Å². The molecule has 0 amide bonds. The zero-order valence-electron chi connectivity index (χ0n) is 18.0. The molecule has 0 bridgehead atoms. The molecule has 6 aromatic carbocycles. The molecule has 0 aliphatic heterocycles. The third-order valence-corrected chi connectivity index (χ3v) is 7.93. The summed E-state index contributed by atoms with van der Waals surface area (Å²) >= 11 is 3.67. The first kappa shape index (κ1) is 18.4. The van der Waals surface area contributed by atoms with Crippen LogP contribution in [0.3, 0.4) is 0 Å². The Kier molecular flexibility index (Phi) is 3.57. The largest absolute Gasteiger partial charge is 0.0610 e. The summed E-state index contributed by atoms with van der Waals surface area (Å²) in [4.78, 5) is 0. The Labute approximate surface area is 196 Å². The molecular weight excluding hydrogens is 452 g/mol. The van der Waals surface area contributed by atoms with E-state index in [9.17, 15) is 0 Å². The van der Waals surface area contributed by atoms with Crippen molar-refractivity contribution in [3.8, 4) is 22.3 Å². The summed E-state index contributed by atoms with van der Waals surface area (Å²) in [7, 11) is 0. The Balaban J connectivity index is 1.46. The molecule has 6 aromatic rings. The van der Waals surface area contributed by atoms with E-state index < -0.39 is 0 Å². The number of benzene rings is 6. The van der Waals surface area contributed by atoms with Crippen LogP contribution in [0, 0.1) is 0 Å². The highest BCUT2D eigenvalue weighted by Crippen LogP contribution is 2.50. The summed E-state index contributed by atoms with van der Waals surface area (Å²) < 4.78 is 1.14. The van der Waals surface area contributed by atoms with E-state index in [0.717, 1.165) is 4.47 Å². The van der Waals surface area contributed by atoms with Crippen molar-refractivity contribution in [2.75, 3.05) is 0 Å². The van der Waals surface area contributed by atoms with Crippen molar-refractivity contribution in [3.05, 3.63) is 107 Å². The van der Waals surface area contributed by atoms with Gasteiger partial charge in [0.2, 0.25) is 0 Å². The Hall–Kier alpha value is -3.16. The van der Waals surface area contributed by atoms with E-state index in [4.69, 9.17) is 0 Å². The van der Waals surface area contributed by atoms with E-state index in [1.807, 2.05) is 0 Å². The molecule has 152 valence electrons. The first-order valence-corrected chi connectivity index (χ1v) is 11.9. The third kappa shape index (κ3) is 2.38. The fourth-order valence-electron chi connectivity index (χ4n) is 5.81. The van der Waals surface area contributed by atoms with Crippen LogP contribution in [-0.2, 0) is 5.41 Å². The fourth-order valence-corrected chi connectivity index (χ4v) is 6.17. The van der Waals surface area contributed by atoms with Crippen molar-refractivity contribution < 1.29 is 0 Å². The Morgan fingerprint density at radius 1 is 0.531 bits per heavy atom. The zero-order chi connectivity index (χ0) is 21.6. The molecule has 0 saturated carbocycles. The highest BCUT2D eigenvalue weighted by molar-refractivity contribution is 9.10. The van der Waals surface area contributed by atoms with E-state index in [-0.39, 0.29) is 5.41 Å². The molecular formula is C31H21Br. The SMILES string of the molecule is CC1(C)c2cc(Br)ccc2-c2ccc(-c3cc4ccc5cccc6ccc(c3)c4c56)cc21. The van der Waals surface area contributed by atoms with Crippen LogP contribution in [0.25, 0.3) is 54.6 Å². The lowest BCUT2D eigenvalue weighted by Crippen LogP contribution is -2.15. The second kappa shape index (κ2) is 6.21. The van der Waals surface area contributed by atoms with Crippen molar-refractivity contribution in [1.29, 1.82) is 0 Å². The second-order valence-electron chi connectivity index (χ2n) is 9.58. The summed E-state index contributed by atoms with van der Waals surface area (Å²) in [5.41, 5.74) is 8.08. The standard InChI is InChI=1S/C31H21Br/c1-31(2)27-16-20(10-12-25(27)26-13-11-24(32)17-28(26)31)23-14-21-8-6-18-4-3-5-19-7-9-22(15-23)30(21)29(18)19/h3-17H,1-2H3. The zero-order valence-corrected chi connectivity index (χ0v) is 19.6. The Bertz CT molecular complexity index is 1640. The van der Waals surface area contributed by atoms with Crippen molar-refractivity contribution in [2.45, 2.75) is 19.3 Å². The van der Waals surface area contributed by atoms with Gasteiger partial charge in [0.15, 0.2) is 0 Å². The smallest absolute Gasteiger partial charge is 0.0178 e. The average Bonchev–Trinajstić information content (AvgIpc) is 3.03. The van der Waals surface area contributed by atoms with Gasteiger partial charge in [-0.25, -0.2) is 0 Å². The lowest BCUT2D eigenvalue weighted by Gasteiger charge is -2.22. The van der Waals surface area contributed by atoms with Gasteiger partial charge in [-0.3, -0.25) is 0 Å². The second-order valence-corrected chi connectivity index (χ2v) is 10.5. The van der Waals surface area contributed by atoms with Gasteiger partial charge >= 0.3 is 0 Å². The summed E-state index contributed by atoms with van der Waals surface area (Å²) in [5, 5.41) is 8.02. The fraction of sp³-hybridized carbons (Fsp3) is 0.0968. The van der Waals surface area contributed by atoms with Crippen LogP contribution >= 0.6 is 15.9 Å². The maximum Gasteiger partial charge on any atom is 0.0178 e. The molecule has 0 aromatic heterocycles. The number of halogens is 1. The quantitative estimate of drug-likeness (QED) is 0.209. The molecule has 0 saturated heterocycles. The van der Waals surface area contributed by atoms with Crippen LogP contribution in [0.5, 0.6) is 0 Å². The highest BCUT2D eigenvalue weighted by atomic mass is 79.9. The molecule has 0 fully saturated rings. The van der Waals surface area contributed by atoms with E-state index >= 15 is 0 Å². The molecule has 0 radical (unpaired) electrons. The lowest BCUT2D eigenvalue weighted by molar-refractivity contribution is 0.660. The average molecular weight is 473 g/mol. The third-order valence-electron chi connectivity index (χ3n) is 7.43. The van der Waals surface area contributed by atoms with E-state index in [1.165, 1.54) is 65.7 Å². The van der Waals surface area contributed by atoms with Crippen LogP contribution in [0.4, 0.5) is 0 Å². The lowest BCUT2D eigenvalue weighted by atomic mass is 9.81. The first-order valence-electron chi connectivity index (χ1n) is 11.1. The minimum Gasteiger partial charge on any atom is -0.0610 e. The van der Waals surface area contributed by atoms with Crippen molar-refractivity contribution in [2.24, 2.45) is 0 Å². The summed E-state index contributed by atoms with van der Waals surface area (Å²) in [6, 6.07) is 34.1. The predicted octanol–water partition coefficient (Wildman–Crippen LogP) is 9.32. The summed E-state index contributed by atoms with van der Waals surface area (Å²) in [6.45, 7) is 4.68. The molecule has 0 N–H and O–H groups in total. The summed E-state index contributed by atoms with van der Waals surface area (Å²) in [5.74, 6) is 0. The highest BCUT2D eigenvalue weighted by Gasteiger charge is 2.35. The normalized spacial score (nSPS) is 14.3. The number of hydrogen-bond donors (Lipinski definition) is 0. The Morgan fingerprint density at radius 2 is 1.09 bits per heavy atom. The molecule has 7 rings (SSSR count). The predicted molar refractivity (Wildman–Crippen MR) is 141 cm³/mol. The van der Waals surface area contributed by atoms with Crippen LogP contribution in [0.2, 0.25) is 0 Å². The van der Waals surface area contributed by atoms with Crippen molar-refractivity contribution in [1.82, 2.24) is 0 Å². The van der Waals surface area contributed by atoms with Gasteiger partial charge < -0.3 is 0 Å². The number of fused-ring (bicyclic) bond motifs is 3. The van der Waals surface area contributed by atoms with Gasteiger partial charge in [0.25, 0.3) is 0 Å². The maximum absolute atomic E-state index is 3.67. The van der Waals surface area contributed by atoms with Gasteiger partial charge in [0.1, 0.15) is 0 Å². The van der Waals surface area contributed by atoms with Crippen LogP contribution in [0.1, 0.15) is 25.0 Å². The van der Waals surface area contributed by atoms with Gasteiger partial charge in [-0.15, -0.1) is 0 Å². The minimum absolute atomic E-state index is 0.0133. The van der Waals surface area contributed by atoms with Gasteiger partial charge in [0.05, 0.1) is 0 Å². The van der Waals surface area contributed by atoms with Crippen molar-refractivity contribution in [3.63, 3.8) is 0 Å². The van der Waals surface area contributed by atoms with E-state index in [2.05, 4.69) is 121 Å². The van der Waals surface area contributed by atoms with Crippen LogP contribution in [0.15, 0.2) is 95.5 Å². The molecule has 0 atom stereocenters. The molecule has 32 heavy (non-hydrogen) atoms. The van der Waals surface area contributed by atoms with Gasteiger partial charge in [-0.2, -0.15) is 0 Å². The monoisotopic (exact) mass is 472 g/mol. The molecule has 1 heteroatoms.